The fraction of sp³-hybridized carbons (Fsp3) is 0.727. The highest BCUT2D eigenvalue weighted by Gasteiger charge is 2.22. The molecule has 0 radical (unpaired) electrons. The quantitative estimate of drug-likeness (QED) is 0.692. The molecule has 3 rings (SSSR count). The Hall–Kier alpha value is -1.70. The van der Waals surface area contributed by atoms with Crippen LogP contribution in [0.2, 0.25) is 0 Å². The van der Waals surface area contributed by atoms with Crippen molar-refractivity contribution in [1.82, 2.24) is 14.8 Å². The maximum atomic E-state index is 11.9. The lowest BCUT2D eigenvalue weighted by Crippen LogP contribution is -2.50. The van der Waals surface area contributed by atoms with Crippen molar-refractivity contribution in [3.05, 3.63) is 18.3 Å². The summed E-state index contributed by atoms with van der Waals surface area (Å²) in [5.41, 5.74) is 0.749. The molecule has 3 heterocycles. The Bertz CT molecular complexity index is 623. The number of piperazine rings is 1. The van der Waals surface area contributed by atoms with Gasteiger partial charge in [0.15, 0.2) is 0 Å². The lowest BCUT2D eigenvalue weighted by atomic mass is 10.1. The van der Waals surface area contributed by atoms with Crippen LogP contribution in [0.25, 0.3) is 0 Å². The minimum Gasteiger partial charge on any atom is -0.390 e. The van der Waals surface area contributed by atoms with E-state index in [1.807, 2.05) is 26.0 Å². The van der Waals surface area contributed by atoms with E-state index in [4.69, 9.17) is 0 Å². The molecule has 7 heteroatoms. The number of carbonyl (C=O) groups is 1. The first-order chi connectivity index (χ1) is 14.0. The minimum absolute atomic E-state index is 0.0336. The van der Waals surface area contributed by atoms with Crippen molar-refractivity contribution in [3.8, 4) is 0 Å². The summed E-state index contributed by atoms with van der Waals surface area (Å²) in [6.07, 6.45) is 5.84. The van der Waals surface area contributed by atoms with E-state index in [0.717, 1.165) is 63.9 Å². The summed E-state index contributed by atoms with van der Waals surface area (Å²) in [5, 5.41) is 13.4. The SMILES string of the molecule is CC(C)CC(=O)Nc1ccc(N2CCN(C[C@@H](O)CN3CCCCC3)CC2)nc1. The molecule has 2 saturated heterocycles. The topological polar surface area (TPSA) is 71.9 Å². The van der Waals surface area contributed by atoms with Crippen molar-refractivity contribution in [2.45, 2.75) is 45.6 Å². The second kappa shape index (κ2) is 10.9. The molecule has 2 aliphatic rings. The van der Waals surface area contributed by atoms with Gasteiger partial charge in [0, 0.05) is 45.7 Å². The number of likely N-dealkylation sites (tertiary alicyclic amines) is 1. The molecule has 29 heavy (non-hydrogen) atoms. The zero-order chi connectivity index (χ0) is 20.6. The molecule has 1 amide bonds. The van der Waals surface area contributed by atoms with Crippen molar-refractivity contribution in [1.29, 1.82) is 0 Å². The van der Waals surface area contributed by atoms with Crippen molar-refractivity contribution < 1.29 is 9.90 Å². The number of aliphatic hydroxyl groups excluding tert-OH is 1. The summed E-state index contributed by atoms with van der Waals surface area (Å²) in [6, 6.07) is 3.90. The number of aliphatic hydroxyl groups is 1. The van der Waals surface area contributed by atoms with Gasteiger partial charge < -0.3 is 20.2 Å². The molecule has 0 aliphatic carbocycles. The Morgan fingerprint density at radius 3 is 2.28 bits per heavy atom. The predicted octanol–water partition coefficient (Wildman–Crippen LogP) is 2.04. The van der Waals surface area contributed by atoms with E-state index >= 15 is 0 Å². The fourth-order valence-corrected chi connectivity index (χ4v) is 4.19. The first kappa shape index (κ1) is 22.0. The average Bonchev–Trinajstić information content (AvgIpc) is 2.69. The van der Waals surface area contributed by atoms with Gasteiger partial charge in [-0.15, -0.1) is 0 Å². The number of hydrogen-bond acceptors (Lipinski definition) is 6. The van der Waals surface area contributed by atoms with Gasteiger partial charge in [-0.2, -0.15) is 0 Å². The highest BCUT2D eigenvalue weighted by molar-refractivity contribution is 5.90. The molecule has 2 N–H and O–H groups in total. The van der Waals surface area contributed by atoms with Crippen molar-refractivity contribution in [2.24, 2.45) is 5.92 Å². The molecule has 0 aromatic carbocycles. The van der Waals surface area contributed by atoms with Crippen LogP contribution in [0.4, 0.5) is 11.5 Å². The molecule has 7 nitrogen and oxygen atoms in total. The summed E-state index contributed by atoms with van der Waals surface area (Å²) < 4.78 is 0. The normalized spacial score (nSPS) is 20.1. The fourth-order valence-electron chi connectivity index (χ4n) is 4.19. The van der Waals surface area contributed by atoms with Crippen molar-refractivity contribution >= 4 is 17.4 Å². The zero-order valence-electron chi connectivity index (χ0n) is 18.0. The standard InChI is InChI=1S/C22H37N5O2/c1-18(2)14-22(29)24-19-6-7-21(23-15-19)27-12-10-26(11-13-27)17-20(28)16-25-8-4-3-5-9-25/h6-7,15,18,20,28H,3-5,8-14,16-17H2,1-2H3,(H,24,29)/t20-/m0/s1. The number of piperidine rings is 1. The van der Waals surface area contributed by atoms with Gasteiger partial charge in [-0.25, -0.2) is 4.98 Å². The number of aromatic nitrogens is 1. The van der Waals surface area contributed by atoms with Crippen LogP contribution in [-0.2, 0) is 4.79 Å². The first-order valence-electron chi connectivity index (χ1n) is 11.1. The van der Waals surface area contributed by atoms with Crippen LogP contribution in [0.1, 0.15) is 39.5 Å². The molecule has 0 unspecified atom stereocenters. The Balaban J connectivity index is 1.40. The van der Waals surface area contributed by atoms with E-state index in [9.17, 15) is 9.90 Å². The number of nitrogens with zero attached hydrogens (tertiary/aromatic N) is 4. The summed E-state index contributed by atoms with van der Waals surface area (Å²) in [5.74, 6) is 1.32. The third-order valence-electron chi connectivity index (χ3n) is 5.71. The number of amides is 1. The molecule has 0 saturated carbocycles. The maximum absolute atomic E-state index is 11.9. The summed E-state index contributed by atoms with van der Waals surface area (Å²) in [6.45, 7) is 11.6. The molecule has 1 aromatic rings. The summed E-state index contributed by atoms with van der Waals surface area (Å²) in [7, 11) is 0. The van der Waals surface area contributed by atoms with Crippen LogP contribution in [0.15, 0.2) is 18.3 Å². The van der Waals surface area contributed by atoms with Crippen molar-refractivity contribution in [2.75, 3.05) is 62.6 Å². The van der Waals surface area contributed by atoms with E-state index in [-0.39, 0.29) is 12.0 Å². The smallest absolute Gasteiger partial charge is 0.224 e. The molecule has 1 aromatic heterocycles. The molecular formula is C22H37N5O2. The van der Waals surface area contributed by atoms with Crippen molar-refractivity contribution in [3.63, 3.8) is 0 Å². The number of nitrogens with one attached hydrogen (secondary N) is 1. The number of β-amino-alcohol motifs (C(OH)–C–C–N with tert-alkyl or cyclic N) is 1. The van der Waals surface area contributed by atoms with Gasteiger partial charge in [0.1, 0.15) is 5.82 Å². The molecule has 2 fully saturated rings. The first-order valence-corrected chi connectivity index (χ1v) is 11.1. The number of hydrogen-bond donors (Lipinski definition) is 2. The monoisotopic (exact) mass is 403 g/mol. The highest BCUT2D eigenvalue weighted by Crippen LogP contribution is 2.17. The van der Waals surface area contributed by atoms with Gasteiger partial charge in [0.2, 0.25) is 5.91 Å². The van der Waals surface area contributed by atoms with Gasteiger partial charge >= 0.3 is 0 Å². The van der Waals surface area contributed by atoms with Crippen LogP contribution in [-0.4, -0.2) is 84.3 Å². The van der Waals surface area contributed by atoms with E-state index in [1.54, 1.807) is 6.20 Å². The van der Waals surface area contributed by atoms with E-state index in [2.05, 4.69) is 25.0 Å². The van der Waals surface area contributed by atoms with E-state index in [0.29, 0.717) is 12.3 Å². The van der Waals surface area contributed by atoms with Crippen LogP contribution in [0.3, 0.4) is 0 Å². The number of anilines is 2. The molecule has 1 atom stereocenters. The molecule has 0 bridgehead atoms. The maximum Gasteiger partial charge on any atom is 0.224 e. The molecule has 162 valence electrons. The largest absolute Gasteiger partial charge is 0.390 e. The molecular weight excluding hydrogens is 366 g/mol. The minimum atomic E-state index is -0.272. The number of carbonyl (C=O) groups excluding carboxylic acids is 1. The second-order valence-electron chi connectivity index (χ2n) is 8.85. The van der Waals surface area contributed by atoms with E-state index < -0.39 is 0 Å². The van der Waals surface area contributed by atoms with Gasteiger partial charge in [-0.3, -0.25) is 9.69 Å². The summed E-state index contributed by atoms with van der Waals surface area (Å²) >= 11 is 0. The Morgan fingerprint density at radius 1 is 1.03 bits per heavy atom. The second-order valence-corrected chi connectivity index (χ2v) is 8.85. The van der Waals surface area contributed by atoms with E-state index in [1.165, 1.54) is 19.3 Å². The number of pyridine rings is 1. The lowest BCUT2D eigenvalue weighted by Gasteiger charge is -2.37. The van der Waals surface area contributed by atoms with Crippen LogP contribution >= 0.6 is 0 Å². The van der Waals surface area contributed by atoms with Gasteiger partial charge in [0.05, 0.1) is 18.0 Å². The number of rotatable bonds is 8. The highest BCUT2D eigenvalue weighted by atomic mass is 16.3. The Kier molecular flexibility index (Phi) is 8.27. The third-order valence-corrected chi connectivity index (χ3v) is 5.71. The molecule has 2 aliphatic heterocycles. The van der Waals surface area contributed by atoms with Gasteiger partial charge in [-0.1, -0.05) is 20.3 Å². The van der Waals surface area contributed by atoms with Crippen LogP contribution in [0, 0.1) is 5.92 Å². The van der Waals surface area contributed by atoms with Crippen LogP contribution < -0.4 is 10.2 Å². The predicted molar refractivity (Wildman–Crippen MR) is 117 cm³/mol. The summed E-state index contributed by atoms with van der Waals surface area (Å²) in [4.78, 5) is 23.4. The Labute approximate surface area is 175 Å². The average molecular weight is 404 g/mol. The zero-order valence-corrected chi connectivity index (χ0v) is 18.0. The lowest BCUT2D eigenvalue weighted by molar-refractivity contribution is -0.116. The molecule has 0 spiro atoms. The van der Waals surface area contributed by atoms with Crippen LogP contribution in [0.5, 0.6) is 0 Å². The van der Waals surface area contributed by atoms with Gasteiger partial charge in [0.25, 0.3) is 0 Å². The van der Waals surface area contributed by atoms with Gasteiger partial charge in [-0.05, 0) is 44.0 Å². The third kappa shape index (κ3) is 7.24. The Morgan fingerprint density at radius 2 is 1.69 bits per heavy atom.